The molecule has 0 bridgehead atoms. The molecule has 9 nitrogen and oxygen atoms in total. The zero-order valence-electron chi connectivity index (χ0n) is 17.5. The molecule has 2 aliphatic heterocycles. The summed E-state index contributed by atoms with van der Waals surface area (Å²) in [6.07, 6.45) is 3.30. The van der Waals surface area contributed by atoms with Crippen molar-refractivity contribution in [3.05, 3.63) is 48.0 Å². The maximum atomic E-state index is 12.9. The molecule has 1 saturated heterocycles. The summed E-state index contributed by atoms with van der Waals surface area (Å²) in [6, 6.07) is 9.38. The number of carbonyl (C=O) groups is 1. The standard InChI is InChI=1S/C22H24N6O3/c1-14-8-15(2)28(26-14)21-10-20(23-12-24-21)27-7-3-4-16(11-27)22(29)25-17-5-6-18-19(9-17)31-13-30-18/h5-6,8-10,12,16H,3-4,7,11,13H2,1-2H3,(H,25,29). The van der Waals surface area contributed by atoms with E-state index in [1.54, 1.807) is 12.4 Å². The molecule has 2 aliphatic rings. The molecule has 160 valence electrons. The molecular weight excluding hydrogens is 396 g/mol. The molecule has 1 amide bonds. The van der Waals surface area contributed by atoms with E-state index in [2.05, 4.69) is 25.3 Å². The van der Waals surface area contributed by atoms with Gasteiger partial charge < -0.3 is 19.7 Å². The summed E-state index contributed by atoms with van der Waals surface area (Å²) in [5.41, 5.74) is 2.66. The van der Waals surface area contributed by atoms with Crippen molar-refractivity contribution in [2.45, 2.75) is 26.7 Å². The van der Waals surface area contributed by atoms with Crippen LogP contribution in [0.25, 0.3) is 5.82 Å². The normalized spacial score (nSPS) is 17.6. The fourth-order valence-electron chi connectivity index (χ4n) is 4.10. The van der Waals surface area contributed by atoms with Crippen molar-refractivity contribution in [3.63, 3.8) is 0 Å². The van der Waals surface area contributed by atoms with Gasteiger partial charge in [0.05, 0.1) is 11.6 Å². The van der Waals surface area contributed by atoms with E-state index in [1.165, 1.54) is 0 Å². The molecule has 1 atom stereocenters. The summed E-state index contributed by atoms with van der Waals surface area (Å²) in [4.78, 5) is 23.9. The molecule has 1 fully saturated rings. The Labute approximate surface area is 180 Å². The van der Waals surface area contributed by atoms with Crippen molar-refractivity contribution in [1.82, 2.24) is 19.7 Å². The molecule has 1 N–H and O–H groups in total. The molecule has 5 rings (SSSR count). The number of rotatable bonds is 4. The molecule has 2 aromatic heterocycles. The highest BCUT2D eigenvalue weighted by atomic mass is 16.7. The first-order valence-corrected chi connectivity index (χ1v) is 10.4. The summed E-state index contributed by atoms with van der Waals surface area (Å²) in [6.45, 7) is 5.62. The number of carbonyl (C=O) groups excluding carboxylic acids is 1. The molecule has 1 unspecified atom stereocenters. The molecule has 31 heavy (non-hydrogen) atoms. The summed E-state index contributed by atoms with van der Waals surface area (Å²) < 4.78 is 12.5. The Balaban J connectivity index is 1.29. The smallest absolute Gasteiger partial charge is 0.231 e. The van der Waals surface area contributed by atoms with E-state index in [4.69, 9.17) is 9.47 Å². The van der Waals surface area contributed by atoms with Gasteiger partial charge in [-0.2, -0.15) is 5.10 Å². The Hall–Kier alpha value is -3.62. The van der Waals surface area contributed by atoms with Gasteiger partial charge in [0.1, 0.15) is 12.1 Å². The Bertz CT molecular complexity index is 1130. The second-order valence-electron chi connectivity index (χ2n) is 7.92. The monoisotopic (exact) mass is 420 g/mol. The number of piperidine rings is 1. The second kappa shape index (κ2) is 7.90. The lowest BCUT2D eigenvalue weighted by Crippen LogP contribution is -2.41. The van der Waals surface area contributed by atoms with Crippen molar-refractivity contribution >= 4 is 17.4 Å². The van der Waals surface area contributed by atoms with E-state index in [0.717, 1.165) is 42.4 Å². The van der Waals surface area contributed by atoms with Gasteiger partial charge in [0.25, 0.3) is 0 Å². The van der Waals surface area contributed by atoms with E-state index in [1.807, 2.05) is 42.8 Å². The van der Waals surface area contributed by atoms with Crippen LogP contribution in [-0.4, -0.2) is 45.5 Å². The molecule has 9 heteroatoms. The number of fused-ring (bicyclic) bond motifs is 1. The zero-order valence-corrected chi connectivity index (χ0v) is 17.5. The minimum Gasteiger partial charge on any atom is -0.454 e. The average molecular weight is 420 g/mol. The van der Waals surface area contributed by atoms with E-state index < -0.39 is 0 Å². The maximum Gasteiger partial charge on any atom is 0.231 e. The van der Waals surface area contributed by atoms with Crippen molar-refractivity contribution in [2.75, 3.05) is 30.1 Å². The number of hydrogen-bond donors (Lipinski definition) is 1. The van der Waals surface area contributed by atoms with E-state index in [9.17, 15) is 4.79 Å². The van der Waals surface area contributed by atoms with Crippen molar-refractivity contribution in [3.8, 4) is 17.3 Å². The first-order chi connectivity index (χ1) is 15.1. The minimum absolute atomic E-state index is 0.00334. The molecule has 1 aromatic carbocycles. The van der Waals surface area contributed by atoms with Gasteiger partial charge in [0.15, 0.2) is 17.3 Å². The van der Waals surface area contributed by atoms with Gasteiger partial charge in [-0.05, 0) is 44.9 Å². The number of aryl methyl sites for hydroxylation is 2. The average Bonchev–Trinajstić information content (AvgIpc) is 3.39. The van der Waals surface area contributed by atoms with E-state index in [-0.39, 0.29) is 18.6 Å². The van der Waals surface area contributed by atoms with Crippen LogP contribution in [0.5, 0.6) is 11.5 Å². The maximum absolute atomic E-state index is 12.9. The molecule has 0 spiro atoms. The van der Waals surface area contributed by atoms with Gasteiger partial charge in [-0.25, -0.2) is 14.6 Å². The summed E-state index contributed by atoms with van der Waals surface area (Å²) >= 11 is 0. The molecule has 0 aliphatic carbocycles. The van der Waals surface area contributed by atoms with Crippen molar-refractivity contribution < 1.29 is 14.3 Å². The van der Waals surface area contributed by atoms with Crippen LogP contribution in [0.4, 0.5) is 11.5 Å². The number of nitrogens with one attached hydrogen (secondary N) is 1. The second-order valence-corrected chi connectivity index (χ2v) is 7.92. The predicted octanol–water partition coefficient (Wildman–Crippen LogP) is 2.86. The third kappa shape index (κ3) is 3.90. The third-order valence-electron chi connectivity index (χ3n) is 5.62. The van der Waals surface area contributed by atoms with Crippen LogP contribution < -0.4 is 19.7 Å². The molecule has 0 radical (unpaired) electrons. The fraction of sp³-hybridized carbons (Fsp3) is 0.364. The molecule has 4 heterocycles. The summed E-state index contributed by atoms with van der Waals surface area (Å²) in [5.74, 6) is 2.74. The number of aromatic nitrogens is 4. The van der Waals surface area contributed by atoms with Gasteiger partial charge in [0, 0.05) is 36.6 Å². The Kier molecular flexibility index (Phi) is 4.93. The van der Waals surface area contributed by atoms with Gasteiger partial charge in [-0.3, -0.25) is 4.79 Å². The van der Waals surface area contributed by atoms with Gasteiger partial charge in [-0.15, -0.1) is 0 Å². The first kappa shape index (κ1) is 19.3. The number of amides is 1. The highest BCUT2D eigenvalue weighted by molar-refractivity contribution is 5.93. The lowest BCUT2D eigenvalue weighted by molar-refractivity contribution is -0.120. The lowest BCUT2D eigenvalue weighted by Gasteiger charge is -2.33. The van der Waals surface area contributed by atoms with Crippen LogP contribution in [-0.2, 0) is 4.79 Å². The number of hydrogen-bond acceptors (Lipinski definition) is 7. The zero-order chi connectivity index (χ0) is 21.4. The molecular formula is C22H24N6O3. The molecule has 0 saturated carbocycles. The SMILES string of the molecule is Cc1cc(C)n(-c2cc(N3CCCC(C(=O)Nc4ccc5c(c4)OCO5)C3)ncn2)n1. The van der Waals surface area contributed by atoms with Crippen LogP contribution in [0, 0.1) is 19.8 Å². The van der Waals surface area contributed by atoms with Gasteiger partial charge >= 0.3 is 0 Å². The summed E-state index contributed by atoms with van der Waals surface area (Å²) in [5, 5.41) is 7.52. The van der Waals surface area contributed by atoms with Crippen molar-refractivity contribution in [1.29, 1.82) is 0 Å². The van der Waals surface area contributed by atoms with Crippen molar-refractivity contribution in [2.24, 2.45) is 5.92 Å². The Morgan fingerprint density at radius 3 is 2.77 bits per heavy atom. The van der Waals surface area contributed by atoms with Gasteiger partial charge in [0.2, 0.25) is 12.7 Å². The van der Waals surface area contributed by atoms with E-state index in [0.29, 0.717) is 23.7 Å². The third-order valence-corrected chi connectivity index (χ3v) is 5.62. The van der Waals surface area contributed by atoms with Crippen LogP contribution >= 0.6 is 0 Å². The lowest BCUT2D eigenvalue weighted by atomic mass is 9.97. The largest absolute Gasteiger partial charge is 0.454 e. The van der Waals surface area contributed by atoms with Crippen LogP contribution in [0.15, 0.2) is 36.7 Å². The molecule has 3 aromatic rings. The number of anilines is 2. The minimum atomic E-state index is -0.133. The predicted molar refractivity (Wildman–Crippen MR) is 115 cm³/mol. The number of ether oxygens (including phenoxy) is 2. The quantitative estimate of drug-likeness (QED) is 0.693. The van der Waals surface area contributed by atoms with Crippen LogP contribution in [0.3, 0.4) is 0 Å². The fourth-order valence-corrected chi connectivity index (χ4v) is 4.10. The highest BCUT2D eigenvalue weighted by Gasteiger charge is 2.27. The summed E-state index contributed by atoms with van der Waals surface area (Å²) in [7, 11) is 0. The number of nitrogens with zero attached hydrogens (tertiary/aromatic N) is 5. The van der Waals surface area contributed by atoms with Crippen LogP contribution in [0.2, 0.25) is 0 Å². The Morgan fingerprint density at radius 1 is 1.10 bits per heavy atom. The van der Waals surface area contributed by atoms with Gasteiger partial charge in [-0.1, -0.05) is 0 Å². The first-order valence-electron chi connectivity index (χ1n) is 10.4. The van der Waals surface area contributed by atoms with E-state index >= 15 is 0 Å². The highest BCUT2D eigenvalue weighted by Crippen LogP contribution is 2.34. The van der Waals surface area contributed by atoms with Crippen LogP contribution in [0.1, 0.15) is 24.2 Å². The Morgan fingerprint density at radius 2 is 1.94 bits per heavy atom. The topological polar surface area (TPSA) is 94.4 Å². The number of benzene rings is 1.